The van der Waals surface area contributed by atoms with E-state index in [-0.39, 0.29) is 0 Å². The summed E-state index contributed by atoms with van der Waals surface area (Å²) in [5.74, 6) is 0. The summed E-state index contributed by atoms with van der Waals surface area (Å²) in [5, 5.41) is 3.34. The number of hydrogen-bond donors (Lipinski definition) is 1. The number of pyridine rings is 1. The Hall–Kier alpha value is -1.93. The third kappa shape index (κ3) is 4.02. The molecule has 0 atom stereocenters. The second-order valence-electron chi connectivity index (χ2n) is 5.56. The zero-order chi connectivity index (χ0) is 14.3. The van der Waals surface area contributed by atoms with Crippen molar-refractivity contribution in [3.05, 3.63) is 71.6 Å². The van der Waals surface area contributed by atoms with Gasteiger partial charge in [-0.15, -0.1) is 0 Å². The summed E-state index contributed by atoms with van der Waals surface area (Å²) >= 11 is 0. The summed E-state index contributed by atoms with van der Waals surface area (Å²) in [6.07, 6.45) is 8.75. The highest BCUT2D eigenvalue weighted by Crippen LogP contribution is 2.19. The molecule has 0 saturated heterocycles. The molecular formula is C19H22N2. The van der Waals surface area contributed by atoms with Crippen molar-refractivity contribution in [3.8, 4) is 0 Å². The summed E-state index contributed by atoms with van der Waals surface area (Å²) in [6, 6.07) is 15.1. The maximum Gasteiger partial charge on any atom is 0.0404 e. The predicted octanol–water partition coefficient (Wildman–Crippen LogP) is 3.63. The Morgan fingerprint density at radius 2 is 1.90 bits per heavy atom. The molecule has 0 radical (unpaired) electrons. The van der Waals surface area contributed by atoms with Crippen LogP contribution in [0.15, 0.2) is 54.7 Å². The predicted molar refractivity (Wildman–Crippen MR) is 88.2 cm³/mol. The van der Waals surface area contributed by atoms with Gasteiger partial charge in [-0.2, -0.15) is 0 Å². The summed E-state index contributed by atoms with van der Waals surface area (Å²) in [6.45, 7) is 2.05. The standard InChI is InChI=1S/C19H22N2/c1-2-5-16(6-3-1)7-4-8-19-10-9-18(15-21-19)17-11-13-20-14-12-17/h1-3,5-6,9-11,15,20H,4,7-8,12-14H2. The molecule has 3 rings (SSSR count). The second-order valence-corrected chi connectivity index (χ2v) is 5.56. The van der Waals surface area contributed by atoms with Gasteiger partial charge in [-0.05, 0) is 55.0 Å². The zero-order valence-corrected chi connectivity index (χ0v) is 12.4. The van der Waals surface area contributed by atoms with Gasteiger partial charge in [0.05, 0.1) is 0 Å². The van der Waals surface area contributed by atoms with E-state index >= 15 is 0 Å². The van der Waals surface area contributed by atoms with Crippen LogP contribution in [0.2, 0.25) is 0 Å². The van der Waals surface area contributed by atoms with Crippen molar-refractivity contribution < 1.29 is 0 Å². The SMILES string of the molecule is C1=C(c2ccc(CCCc3ccccc3)nc2)CCNC1. The van der Waals surface area contributed by atoms with E-state index in [9.17, 15) is 0 Å². The lowest BCUT2D eigenvalue weighted by Gasteiger charge is -2.14. The molecule has 1 aromatic heterocycles. The minimum Gasteiger partial charge on any atom is -0.313 e. The molecule has 2 aromatic rings. The first-order chi connectivity index (χ1) is 10.4. The molecule has 1 aromatic carbocycles. The average molecular weight is 278 g/mol. The van der Waals surface area contributed by atoms with Crippen molar-refractivity contribution in [3.63, 3.8) is 0 Å². The van der Waals surface area contributed by atoms with Crippen molar-refractivity contribution in [2.75, 3.05) is 13.1 Å². The fourth-order valence-electron chi connectivity index (χ4n) is 2.77. The van der Waals surface area contributed by atoms with Gasteiger partial charge in [-0.25, -0.2) is 0 Å². The first-order valence-electron chi connectivity index (χ1n) is 7.81. The number of hydrogen-bond acceptors (Lipinski definition) is 2. The fourth-order valence-corrected chi connectivity index (χ4v) is 2.77. The van der Waals surface area contributed by atoms with E-state index in [0.717, 1.165) is 38.8 Å². The van der Waals surface area contributed by atoms with Gasteiger partial charge in [0.25, 0.3) is 0 Å². The van der Waals surface area contributed by atoms with E-state index in [1.165, 1.54) is 22.4 Å². The minimum absolute atomic E-state index is 0.980. The van der Waals surface area contributed by atoms with Crippen molar-refractivity contribution >= 4 is 5.57 Å². The summed E-state index contributed by atoms with van der Waals surface area (Å²) < 4.78 is 0. The van der Waals surface area contributed by atoms with Crippen LogP contribution in [0.4, 0.5) is 0 Å². The van der Waals surface area contributed by atoms with E-state index in [1.54, 1.807) is 0 Å². The van der Waals surface area contributed by atoms with Gasteiger partial charge >= 0.3 is 0 Å². The summed E-state index contributed by atoms with van der Waals surface area (Å²) in [5.41, 5.74) is 5.32. The molecule has 1 aliphatic heterocycles. The van der Waals surface area contributed by atoms with Crippen LogP contribution < -0.4 is 5.32 Å². The average Bonchev–Trinajstić information content (AvgIpc) is 2.57. The third-order valence-electron chi connectivity index (χ3n) is 4.00. The van der Waals surface area contributed by atoms with Gasteiger partial charge in [-0.1, -0.05) is 42.5 Å². The molecule has 108 valence electrons. The van der Waals surface area contributed by atoms with E-state index < -0.39 is 0 Å². The molecule has 1 N–H and O–H groups in total. The summed E-state index contributed by atoms with van der Waals surface area (Å²) in [4.78, 5) is 4.62. The number of aromatic nitrogens is 1. The van der Waals surface area contributed by atoms with E-state index in [0.29, 0.717) is 0 Å². The van der Waals surface area contributed by atoms with Crippen LogP contribution in [0.25, 0.3) is 5.57 Å². The topological polar surface area (TPSA) is 24.9 Å². The monoisotopic (exact) mass is 278 g/mol. The Balaban J connectivity index is 1.54. The van der Waals surface area contributed by atoms with Crippen LogP contribution in [-0.2, 0) is 12.8 Å². The molecule has 0 aliphatic carbocycles. The van der Waals surface area contributed by atoms with Gasteiger partial charge in [0.2, 0.25) is 0 Å². The molecule has 2 heterocycles. The largest absolute Gasteiger partial charge is 0.313 e. The van der Waals surface area contributed by atoms with Gasteiger partial charge in [0.15, 0.2) is 0 Å². The Morgan fingerprint density at radius 1 is 1.00 bits per heavy atom. The molecular weight excluding hydrogens is 256 g/mol. The molecule has 21 heavy (non-hydrogen) atoms. The molecule has 0 unspecified atom stereocenters. The quantitative estimate of drug-likeness (QED) is 0.903. The van der Waals surface area contributed by atoms with Gasteiger partial charge in [-0.3, -0.25) is 4.98 Å². The van der Waals surface area contributed by atoms with Crippen molar-refractivity contribution in [1.82, 2.24) is 10.3 Å². The molecule has 0 amide bonds. The Morgan fingerprint density at radius 3 is 2.62 bits per heavy atom. The number of aryl methyl sites for hydroxylation is 2. The number of rotatable bonds is 5. The van der Waals surface area contributed by atoms with Crippen LogP contribution in [-0.4, -0.2) is 18.1 Å². The van der Waals surface area contributed by atoms with Gasteiger partial charge in [0, 0.05) is 18.4 Å². The zero-order valence-electron chi connectivity index (χ0n) is 12.4. The van der Waals surface area contributed by atoms with Gasteiger partial charge < -0.3 is 5.32 Å². The van der Waals surface area contributed by atoms with Crippen LogP contribution in [0, 0.1) is 0 Å². The van der Waals surface area contributed by atoms with E-state index in [1.807, 2.05) is 6.20 Å². The Bertz CT molecular complexity index is 585. The highest BCUT2D eigenvalue weighted by atomic mass is 14.8. The molecule has 0 bridgehead atoms. The highest BCUT2D eigenvalue weighted by molar-refractivity contribution is 5.65. The smallest absolute Gasteiger partial charge is 0.0404 e. The fraction of sp³-hybridized carbons (Fsp3) is 0.316. The highest BCUT2D eigenvalue weighted by Gasteiger charge is 2.06. The second kappa shape index (κ2) is 7.19. The molecule has 1 aliphatic rings. The van der Waals surface area contributed by atoms with E-state index in [2.05, 4.69) is 58.8 Å². The Labute approximate surface area is 126 Å². The lowest BCUT2D eigenvalue weighted by atomic mass is 10.0. The molecule has 0 spiro atoms. The number of benzene rings is 1. The van der Waals surface area contributed by atoms with Crippen LogP contribution in [0.1, 0.15) is 29.7 Å². The maximum atomic E-state index is 4.62. The van der Waals surface area contributed by atoms with Crippen molar-refractivity contribution in [2.45, 2.75) is 25.7 Å². The number of nitrogens with one attached hydrogen (secondary N) is 1. The first kappa shape index (κ1) is 14.0. The summed E-state index contributed by atoms with van der Waals surface area (Å²) in [7, 11) is 0. The third-order valence-corrected chi connectivity index (χ3v) is 4.00. The van der Waals surface area contributed by atoms with Crippen LogP contribution in [0.5, 0.6) is 0 Å². The molecule has 2 heteroatoms. The lowest BCUT2D eigenvalue weighted by Crippen LogP contribution is -2.20. The Kier molecular flexibility index (Phi) is 4.80. The molecule has 0 saturated carbocycles. The maximum absolute atomic E-state index is 4.62. The first-order valence-corrected chi connectivity index (χ1v) is 7.81. The van der Waals surface area contributed by atoms with Gasteiger partial charge in [0.1, 0.15) is 0 Å². The number of nitrogens with zero attached hydrogens (tertiary/aromatic N) is 1. The minimum atomic E-state index is 0.980. The van der Waals surface area contributed by atoms with E-state index in [4.69, 9.17) is 0 Å². The van der Waals surface area contributed by atoms with Crippen LogP contribution in [0.3, 0.4) is 0 Å². The molecule has 0 fully saturated rings. The normalized spacial score (nSPS) is 14.8. The lowest BCUT2D eigenvalue weighted by molar-refractivity contribution is 0.738. The molecule has 2 nitrogen and oxygen atoms in total. The van der Waals surface area contributed by atoms with Crippen molar-refractivity contribution in [1.29, 1.82) is 0 Å². The van der Waals surface area contributed by atoms with Crippen molar-refractivity contribution in [2.24, 2.45) is 0 Å². The van der Waals surface area contributed by atoms with Crippen LogP contribution >= 0.6 is 0 Å².